The summed E-state index contributed by atoms with van der Waals surface area (Å²) >= 11 is 0. The fourth-order valence-electron chi connectivity index (χ4n) is 2.94. The lowest BCUT2D eigenvalue weighted by Crippen LogP contribution is -2.14. The highest BCUT2D eigenvalue weighted by molar-refractivity contribution is 7.89. The summed E-state index contributed by atoms with van der Waals surface area (Å²) in [6, 6.07) is 14.9. The smallest absolute Gasteiger partial charge is 0.238 e. The molecule has 0 aliphatic rings. The van der Waals surface area contributed by atoms with Crippen LogP contribution in [0.3, 0.4) is 0 Å². The second kappa shape index (κ2) is 7.46. The number of hydrogen-bond acceptors (Lipinski definition) is 5. The fourth-order valence-corrected chi connectivity index (χ4v) is 3.65. The van der Waals surface area contributed by atoms with Gasteiger partial charge in [-0.25, -0.2) is 23.5 Å². The molecule has 140 valence electrons. The van der Waals surface area contributed by atoms with Gasteiger partial charge in [0, 0.05) is 29.2 Å². The predicted octanol–water partition coefficient (Wildman–Crippen LogP) is 3.33. The number of primary sulfonamides is 1. The topological polar surface area (TPSA) is 98.0 Å². The first-order chi connectivity index (χ1) is 12.7. The van der Waals surface area contributed by atoms with Gasteiger partial charge in [-0.1, -0.05) is 29.8 Å². The van der Waals surface area contributed by atoms with Gasteiger partial charge in [0.1, 0.15) is 0 Å². The summed E-state index contributed by atoms with van der Waals surface area (Å²) in [6.45, 7) is 6.34. The van der Waals surface area contributed by atoms with Gasteiger partial charge in [0.15, 0.2) is 5.82 Å². The first-order valence-electron chi connectivity index (χ1n) is 8.51. The summed E-state index contributed by atoms with van der Waals surface area (Å²) in [5.74, 6) is 0.343. The molecule has 27 heavy (non-hydrogen) atoms. The molecule has 3 N–H and O–H groups in total. The van der Waals surface area contributed by atoms with Crippen LogP contribution in [0.1, 0.15) is 22.5 Å². The van der Waals surface area contributed by atoms with Crippen molar-refractivity contribution in [1.82, 2.24) is 9.97 Å². The number of anilines is 1. The zero-order valence-corrected chi connectivity index (χ0v) is 16.3. The van der Waals surface area contributed by atoms with Crippen molar-refractivity contribution < 1.29 is 8.42 Å². The van der Waals surface area contributed by atoms with Gasteiger partial charge in [-0.15, -0.1) is 0 Å². The van der Waals surface area contributed by atoms with Crippen LogP contribution in [0.2, 0.25) is 0 Å². The summed E-state index contributed by atoms with van der Waals surface area (Å²) in [5.41, 5.74) is 4.99. The third kappa shape index (κ3) is 4.69. The molecule has 0 aliphatic carbocycles. The fraction of sp³-hybridized carbons (Fsp3) is 0.200. The van der Waals surface area contributed by atoms with E-state index in [1.54, 1.807) is 12.1 Å². The maximum atomic E-state index is 12.0. The Labute approximate surface area is 159 Å². The van der Waals surface area contributed by atoms with Gasteiger partial charge in [0.2, 0.25) is 10.0 Å². The third-order valence-corrected chi connectivity index (χ3v) is 5.06. The van der Waals surface area contributed by atoms with Crippen LogP contribution in [-0.2, 0) is 16.6 Å². The number of aromatic nitrogens is 2. The molecular weight excluding hydrogens is 360 g/mol. The maximum absolute atomic E-state index is 12.0. The normalized spacial score (nSPS) is 11.4. The minimum atomic E-state index is -3.90. The predicted molar refractivity (Wildman–Crippen MR) is 107 cm³/mol. The summed E-state index contributed by atoms with van der Waals surface area (Å²) < 4.78 is 24.1. The van der Waals surface area contributed by atoms with Gasteiger partial charge in [0.05, 0.1) is 4.90 Å². The molecule has 0 atom stereocenters. The Morgan fingerprint density at radius 2 is 1.67 bits per heavy atom. The van der Waals surface area contributed by atoms with Crippen LogP contribution in [0.5, 0.6) is 0 Å². The van der Waals surface area contributed by atoms with Gasteiger partial charge >= 0.3 is 0 Å². The Morgan fingerprint density at radius 3 is 2.30 bits per heavy atom. The zero-order chi connectivity index (χ0) is 19.6. The van der Waals surface area contributed by atoms with Crippen LogP contribution in [0.25, 0.3) is 11.4 Å². The van der Waals surface area contributed by atoms with Crippen LogP contribution in [0.15, 0.2) is 53.4 Å². The standard InChI is InChI=1S/C20H22N4O2S/c1-13-5-4-6-16(9-13)12-22-17-7-8-19(27(21,25)26)18(11-17)20-23-14(2)10-15(3)24-20/h4-11,22H,12H2,1-3H3,(H2,21,25,26). The third-order valence-electron chi connectivity index (χ3n) is 4.09. The molecule has 3 rings (SSSR count). The van der Waals surface area contributed by atoms with Gasteiger partial charge in [-0.2, -0.15) is 0 Å². The number of nitrogens with two attached hydrogens (primary N) is 1. The molecule has 3 aromatic rings. The zero-order valence-electron chi connectivity index (χ0n) is 15.5. The van der Waals surface area contributed by atoms with E-state index in [1.807, 2.05) is 45.0 Å². The molecule has 6 nitrogen and oxygen atoms in total. The van der Waals surface area contributed by atoms with Crippen LogP contribution in [-0.4, -0.2) is 18.4 Å². The Bertz CT molecular complexity index is 1070. The summed E-state index contributed by atoms with van der Waals surface area (Å²) in [5, 5.41) is 8.71. The maximum Gasteiger partial charge on any atom is 0.238 e. The number of sulfonamides is 1. The Morgan fingerprint density at radius 1 is 0.963 bits per heavy atom. The highest BCUT2D eigenvalue weighted by atomic mass is 32.2. The molecule has 1 aromatic heterocycles. The SMILES string of the molecule is Cc1cccc(CNc2ccc(S(N)(=O)=O)c(-c3nc(C)cc(C)n3)c2)c1. The van der Waals surface area contributed by atoms with Crippen molar-refractivity contribution in [3.05, 3.63) is 71.0 Å². The average molecular weight is 382 g/mol. The van der Waals surface area contributed by atoms with Crippen molar-refractivity contribution in [2.75, 3.05) is 5.32 Å². The van der Waals surface area contributed by atoms with E-state index in [0.717, 1.165) is 22.6 Å². The quantitative estimate of drug-likeness (QED) is 0.705. The molecule has 0 aliphatic heterocycles. The molecule has 0 unspecified atom stereocenters. The van der Waals surface area contributed by atoms with Gasteiger partial charge in [-0.05, 0) is 50.6 Å². The number of aryl methyl sites for hydroxylation is 3. The number of benzene rings is 2. The van der Waals surface area contributed by atoms with E-state index in [4.69, 9.17) is 5.14 Å². The number of nitrogens with one attached hydrogen (secondary N) is 1. The van der Waals surface area contributed by atoms with E-state index < -0.39 is 10.0 Å². The van der Waals surface area contributed by atoms with Crippen LogP contribution >= 0.6 is 0 Å². The number of rotatable bonds is 5. The molecule has 7 heteroatoms. The summed E-state index contributed by atoms with van der Waals surface area (Å²) in [6.07, 6.45) is 0. The van der Waals surface area contributed by atoms with Crippen LogP contribution < -0.4 is 10.5 Å². The van der Waals surface area contributed by atoms with Crippen LogP contribution in [0.4, 0.5) is 5.69 Å². The van der Waals surface area contributed by atoms with Crippen molar-refractivity contribution in [3.63, 3.8) is 0 Å². The van der Waals surface area contributed by atoms with Crippen molar-refractivity contribution in [3.8, 4) is 11.4 Å². The number of nitrogens with zero attached hydrogens (tertiary/aromatic N) is 2. The molecule has 0 fully saturated rings. The van der Waals surface area contributed by atoms with Crippen molar-refractivity contribution in [1.29, 1.82) is 0 Å². The summed E-state index contributed by atoms with van der Waals surface area (Å²) in [4.78, 5) is 8.79. The second-order valence-electron chi connectivity index (χ2n) is 6.57. The highest BCUT2D eigenvalue weighted by Crippen LogP contribution is 2.28. The summed E-state index contributed by atoms with van der Waals surface area (Å²) in [7, 11) is -3.90. The molecule has 0 radical (unpaired) electrons. The van der Waals surface area contributed by atoms with Gasteiger partial charge in [0.25, 0.3) is 0 Å². The molecule has 0 spiro atoms. The van der Waals surface area contributed by atoms with E-state index in [0.29, 0.717) is 17.9 Å². The van der Waals surface area contributed by atoms with E-state index >= 15 is 0 Å². The minimum Gasteiger partial charge on any atom is -0.381 e. The second-order valence-corrected chi connectivity index (χ2v) is 8.10. The van der Waals surface area contributed by atoms with Gasteiger partial charge in [-0.3, -0.25) is 0 Å². The Hall–Kier alpha value is -2.77. The lowest BCUT2D eigenvalue weighted by atomic mass is 10.1. The van der Waals surface area contributed by atoms with Crippen molar-refractivity contribution in [2.45, 2.75) is 32.2 Å². The number of hydrogen-bond donors (Lipinski definition) is 2. The lowest BCUT2D eigenvalue weighted by molar-refractivity contribution is 0.598. The van der Waals surface area contributed by atoms with E-state index in [1.165, 1.54) is 11.6 Å². The highest BCUT2D eigenvalue weighted by Gasteiger charge is 2.18. The lowest BCUT2D eigenvalue weighted by Gasteiger charge is -2.12. The van der Waals surface area contributed by atoms with E-state index in [2.05, 4.69) is 21.4 Å². The van der Waals surface area contributed by atoms with Crippen molar-refractivity contribution in [2.24, 2.45) is 5.14 Å². The van der Waals surface area contributed by atoms with Gasteiger partial charge < -0.3 is 5.32 Å². The molecule has 1 heterocycles. The first kappa shape index (κ1) is 19.0. The van der Waals surface area contributed by atoms with E-state index in [9.17, 15) is 8.42 Å². The van der Waals surface area contributed by atoms with Crippen LogP contribution in [0, 0.1) is 20.8 Å². The molecular formula is C20H22N4O2S. The molecule has 0 saturated carbocycles. The minimum absolute atomic E-state index is 0.00797. The Kier molecular flexibility index (Phi) is 5.25. The molecule has 2 aromatic carbocycles. The molecule has 0 saturated heterocycles. The van der Waals surface area contributed by atoms with Crippen molar-refractivity contribution >= 4 is 15.7 Å². The molecule has 0 amide bonds. The van der Waals surface area contributed by atoms with E-state index in [-0.39, 0.29) is 4.90 Å². The molecule has 0 bridgehead atoms. The average Bonchev–Trinajstić information content (AvgIpc) is 2.58. The largest absolute Gasteiger partial charge is 0.381 e. The monoisotopic (exact) mass is 382 g/mol. The first-order valence-corrected chi connectivity index (χ1v) is 10.1. The Balaban J connectivity index is 2.00.